The number of benzene rings is 1. The van der Waals surface area contributed by atoms with Crippen LogP contribution in [0.3, 0.4) is 0 Å². The SMILES string of the molecule is C=C(C(c1ccccc1)n1ccc2[nH]ncc2c1=S)N1CCN(c2ccccn2)CC1. The van der Waals surface area contributed by atoms with Crippen LogP contribution in [-0.2, 0) is 0 Å². The zero-order chi connectivity index (χ0) is 21.2. The Balaban J connectivity index is 1.45. The third kappa shape index (κ3) is 3.72. The number of allylic oxidation sites excluding steroid dienone is 1. The molecule has 4 aromatic rings. The van der Waals surface area contributed by atoms with Crippen LogP contribution < -0.4 is 4.90 Å². The quantitative estimate of drug-likeness (QED) is 0.477. The molecule has 1 aliphatic rings. The fraction of sp³-hybridized carbons (Fsp3) is 0.208. The summed E-state index contributed by atoms with van der Waals surface area (Å²) in [6, 6.07) is 18.4. The molecule has 1 N–H and O–H groups in total. The van der Waals surface area contributed by atoms with Crippen LogP contribution in [-0.4, -0.2) is 50.8 Å². The number of aromatic nitrogens is 4. The third-order valence-corrected chi connectivity index (χ3v) is 6.33. The van der Waals surface area contributed by atoms with Crippen molar-refractivity contribution in [2.45, 2.75) is 6.04 Å². The van der Waals surface area contributed by atoms with E-state index < -0.39 is 0 Å². The Bertz CT molecular complexity index is 1240. The van der Waals surface area contributed by atoms with Crippen LogP contribution in [0.5, 0.6) is 0 Å². The molecule has 1 fully saturated rings. The first-order valence-corrected chi connectivity index (χ1v) is 10.8. The fourth-order valence-corrected chi connectivity index (χ4v) is 4.57. The lowest BCUT2D eigenvalue weighted by molar-refractivity contribution is 0.294. The van der Waals surface area contributed by atoms with Gasteiger partial charge in [0.1, 0.15) is 10.5 Å². The molecule has 1 aliphatic heterocycles. The summed E-state index contributed by atoms with van der Waals surface area (Å²) in [7, 11) is 0. The van der Waals surface area contributed by atoms with Gasteiger partial charge in [-0.3, -0.25) is 5.10 Å². The van der Waals surface area contributed by atoms with E-state index in [1.165, 1.54) is 5.56 Å². The number of fused-ring (bicyclic) bond motifs is 1. The maximum absolute atomic E-state index is 5.85. The highest BCUT2D eigenvalue weighted by atomic mass is 32.1. The molecule has 1 aromatic carbocycles. The van der Waals surface area contributed by atoms with Gasteiger partial charge in [-0.15, -0.1) is 0 Å². The van der Waals surface area contributed by atoms with Crippen molar-refractivity contribution < 1.29 is 0 Å². The van der Waals surface area contributed by atoms with Gasteiger partial charge in [-0.05, 0) is 23.8 Å². The molecule has 1 unspecified atom stereocenters. The molecule has 7 heteroatoms. The minimum Gasteiger partial charge on any atom is -0.370 e. The number of H-pyrrole nitrogens is 1. The Kier molecular flexibility index (Phi) is 5.26. The van der Waals surface area contributed by atoms with Crippen molar-refractivity contribution in [3.8, 4) is 0 Å². The Labute approximate surface area is 186 Å². The molecule has 3 aromatic heterocycles. The molecule has 6 nitrogen and oxygen atoms in total. The van der Waals surface area contributed by atoms with E-state index >= 15 is 0 Å². The second-order valence-electron chi connectivity index (χ2n) is 7.69. The molecule has 31 heavy (non-hydrogen) atoms. The zero-order valence-corrected chi connectivity index (χ0v) is 18.0. The Hall–Kier alpha value is -3.45. The largest absolute Gasteiger partial charge is 0.370 e. The normalized spacial score (nSPS) is 15.2. The molecule has 0 saturated carbocycles. The molecule has 0 spiro atoms. The van der Waals surface area contributed by atoms with Gasteiger partial charge in [0.2, 0.25) is 0 Å². The minimum absolute atomic E-state index is 0.0746. The van der Waals surface area contributed by atoms with E-state index in [1.54, 1.807) is 6.20 Å². The predicted octanol–water partition coefficient (Wildman–Crippen LogP) is 4.41. The maximum atomic E-state index is 5.85. The Morgan fingerprint density at radius 2 is 1.77 bits per heavy atom. The van der Waals surface area contributed by atoms with Crippen molar-refractivity contribution in [1.29, 1.82) is 0 Å². The first kappa shape index (κ1) is 19.5. The number of rotatable bonds is 5. The van der Waals surface area contributed by atoms with E-state index in [1.807, 2.05) is 36.7 Å². The Morgan fingerprint density at radius 1 is 1.00 bits per heavy atom. The summed E-state index contributed by atoms with van der Waals surface area (Å²) >= 11 is 5.85. The van der Waals surface area contributed by atoms with Crippen LogP contribution in [0.4, 0.5) is 5.82 Å². The second kappa shape index (κ2) is 8.35. The zero-order valence-electron chi connectivity index (χ0n) is 17.2. The van der Waals surface area contributed by atoms with Gasteiger partial charge in [0.05, 0.1) is 23.1 Å². The molecular formula is C24H24N6S. The molecule has 1 atom stereocenters. The highest BCUT2D eigenvalue weighted by Gasteiger charge is 2.26. The van der Waals surface area contributed by atoms with Crippen molar-refractivity contribution >= 4 is 28.9 Å². The standard InChI is InChI=1S/C24H24N6S/c1-18(28-13-15-29(16-14-28)22-9-5-6-11-25-22)23(19-7-3-2-4-8-19)30-12-10-21-20(24(30)31)17-26-27-21/h2-12,17,23H,1,13-16H2,(H,26,27). The van der Waals surface area contributed by atoms with Crippen LogP contribution in [0.15, 0.2) is 85.5 Å². The van der Waals surface area contributed by atoms with Crippen LogP contribution >= 0.6 is 12.2 Å². The van der Waals surface area contributed by atoms with E-state index in [4.69, 9.17) is 12.2 Å². The lowest BCUT2D eigenvalue weighted by Gasteiger charge is -2.40. The topological polar surface area (TPSA) is 53.0 Å². The lowest BCUT2D eigenvalue weighted by Crippen LogP contribution is -2.47. The number of hydrogen-bond acceptors (Lipinski definition) is 5. The van der Waals surface area contributed by atoms with E-state index in [0.29, 0.717) is 0 Å². The maximum Gasteiger partial charge on any atom is 0.128 e. The monoisotopic (exact) mass is 428 g/mol. The van der Waals surface area contributed by atoms with Crippen molar-refractivity contribution in [3.05, 3.63) is 95.7 Å². The number of nitrogens with one attached hydrogen (secondary N) is 1. The number of anilines is 1. The van der Waals surface area contributed by atoms with Crippen molar-refractivity contribution in [3.63, 3.8) is 0 Å². The number of nitrogens with zero attached hydrogens (tertiary/aromatic N) is 5. The average Bonchev–Trinajstić information content (AvgIpc) is 3.32. The van der Waals surface area contributed by atoms with Gasteiger partial charge in [0.25, 0.3) is 0 Å². The second-order valence-corrected chi connectivity index (χ2v) is 8.08. The highest BCUT2D eigenvalue weighted by Crippen LogP contribution is 2.31. The smallest absolute Gasteiger partial charge is 0.128 e. The van der Waals surface area contributed by atoms with Crippen molar-refractivity contribution in [1.82, 2.24) is 24.6 Å². The summed E-state index contributed by atoms with van der Waals surface area (Å²) in [5.74, 6) is 1.03. The number of aromatic amines is 1. The summed E-state index contributed by atoms with van der Waals surface area (Å²) in [4.78, 5) is 9.19. The summed E-state index contributed by atoms with van der Waals surface area (Å²) in [6.07, 6.45) is 5.68. The van der Waals surface area contributed by atoms with Gasteiger partial charge in [0.15, 0.2) is 0 Å². The van der Waals surface area contributed by atoms with E-state index in [9.17, 15) is 0 Å². The molecular weight excluding hydrogens is 404 g/mol. The fourth-order valence-electron chi connectivity index (χ4n) is 4.24. The molecule has 0 aliphatic carbocycles. The third-order valence-electron chi connectivity index (χ3n) is 5.90. The summed E-state index contributed by atoms with van der Waals surface area (Å²) in [5, 5.41) is 8.11. The van der Waals surface area contributed by atoms with Gasteiger partial charge in [-0.25, -0.2) is 4.98 Å². The molecule has 5 rings (SSSR count). The number of pyridine rings is 2. The van der Waals surface area contributed by atoms with Crippen LogP contribution in [0.1, 0.15) is 11.6 Å². The predicted molar refractivity (Wildman–Crippen MR) is 127 cm³/mol. The number of hydrogen-bond donors (Lipinski definition) is 1. The molecule has 1 saturated heterocycles. The van der Waals surface area contributed by atoms with Crippen LogP contribution in [0.25, 0.3) is 10.9 Å². The minimum atomic E-state index is -0.0746. The van der Waals surface area contributed by atoms with Gasteiger partial charge in [0, 0.05) is 44.3 Å². The van der Waals surface area contributed by atoms with E-state index in [0.717, 1.165) is 53.2 Å². The van der Waals surface area contributed by atoms with Gasteiger partial charge < -0.3 is 14.4 Å². The van der Waals surface area contributed by atoms with Crippen molar-refractivity contribution in [2.75, 3.05) is 31.1 Å². The summed E-state index contributed by atoms with van der Waals surface area (Å²) in [5.41, 5.74) is 3.16. The highest BCUT2D eigenvalue weighted by molar-refractivity contribution is 7.71. The molecule has 0 bridgehead atoms. The van der Waals surface area contributed by atoms with E-state index in [-0.39, 0.29) is 6.04 Å². The van der Waals surface area contributed by atoms with Crippen molar-refractivity contribution in [2.24, 2.45) is 0 Å². The van der Waals surface area contributed by atoms with E-state index in [2.05, 4.69) is 66.5 Å². The van der Waals surface area contributed by atoms with Crippen LogP contribution in [0.2, 0.25) is 0 Å². The molecule has 0 radical (unpaired) electrons. The Morgan fingerprint density at radius 3 is 2.52 bits per heavy atom. The first-order chi connectivity index (χ1) is 15.2. The van der Waals surface area contributed by atoms with Gasteiger partial charge >= 0.3 is 0 Å². The van der Waals surface area contributed by atoms with Gasteiger partial charge in [-0.1, -0.05) is 55.2 Å². The molecule has 156 valence electrons. The molecule has 4 heterocycles. The summed E-state index contributed by atoms with van der Waals surface area (Å²) < 4.78 is 2.89. The first-order valence-electron chi connectivity index (χ1n) is 10.4. The van der Waals surface area contributed by atoms with Crippen LogP contribution in [0, 0.1) is 4.64 Å². The lowest BCUT2D eigenvalue weighted by atomic mass is 10.0. The average molecular weight is 429 g/mol. The summed E-state index contributed by atoms with van der Waals surface area (Å²) in [6.45, 7) is 8.13. The molecule has 0 amide bonds. The van der Waals surface area contributed by atoms with Gasteiger partial charge in [-0.2, -0.15) is 5.10 Å². The number of piperazine rings is 1.